The van der Waals surface area contributed by atoms with Crippen LogP contribution < -0.4 is 0 Å². The van der Waals surface area contributed by atoms with Crippen molar-refractivity contribution in [2.45, 2.75) is 19.8 Å². The van der Waals surface area contributed by atoms with Crippen molar-refractivity contribution < 1.29 is 28.3 Å². The van der Waals surface area contributed by atoms with E-state index >= 15 is 0 Å². The molecule has 0 aliphatic rings. The fourth-order valence-electron chi connectivity index (χ4n) is 0.867. The molecule has 7 heteroatoms. The molecule has 0 rings (SSSR count). The van der Waals surface area contributed by atoms with Crippen molar-refractivity contribution in [2.24, 2.45) is 0 Å². The average molecular weight is 265 g/mol. The van der Waals surface area contributed by atoms with Crippen molar-refractivity contribution >= 4 is 14.2 Å². The van der Waals surface area contributed by atoms with Crippen LogP contribution in [0.2, 0.25) is 0 Å². The summed E-state index contributed by atoms with van der Waals surface area (Å²) >= 11 is 0. The maximum atomic E-state index is 10.9. The molecular formula is C10H18O6P+. The van der Waals surface area contributed by atoms with Crippen LogP contribution in [0, 0.1) is 0 Å². The number of rotatable bonds is 10. The molecule has 0 radical (unpaired) electrons. The number of unbranched alkanes of at least 4 members (excludes halogenated alkanes) is 1. The Hall–Kier alpha value is -0.810. The summed E-state index contributed by atoms with van der Waals surface area (Å²) in [5.74, 6) is -0.422. The number of carbonyl (C=O) groups excluding carboxylic acids is 1. The van der Waals surface area contributed by atoms with Gasteiger partial charge in [0, 0.05) is 16.7 Å². The van der Waals surface area contributed by atoms with Crippen LogP contribution in [0.25, 0.3) is 0 Å². The van der Waals surface area contributed by atoms with Crippen molar-refractivity contribution in [3.63, 3.8) is 0 Å². The molecule has 0 heterocycles. The molecule has 1 unspecified atom stereocenters. The summed E-state index contributed by atoms with van der Waals surface area (Å²) in [7, 11) is -2.50. The molecule has 0 aliphatic carbocycles. The van der Waals surface area contributed by atoms with Gasteiger partial charge in [0.25, 0.3) is 0 Å². The number of hydrogen-bond acceptors (Lipinski definition) is 5. The smallest absolute Gasteiger partial charge is 0.460 e. The Morgan fingerprint density at radius 2 is 1.88 bits per heavy atom. The topological polar surface area (TPSA) is 82.1 Å². The summed E-state index contributed by atoms with van der Waals surface area (Å²) in [5, 5.41) is 0. The van der Waals surface area contributed by atoms with E-state index in [2.05, 4.69) is 11.1 Å². The van der Waals surface area contributed by atoms with Gasteiger partial charge in [-0.15, -0.1) is 9.42 Å². The van der Waals surface area contributed by atoms with Crippen LogP contribution in [0.1, 0.15) is 19.8 Å². The van der Waals surface area contributed by atoms with E-state index in [4.69, 9.17) is 14.4 Å². The Morgan fingerprint density at radius 1 is 1.24 bits per heavy atom. The lowest BCUT2D eigenvalue weighted by molar-refractivity contribution is -0.140. The first-order chi connectivity index (χ1) is 8.04. The van der Waals surface area contributed by atoms with E-state index in [-0.39, 0.29) is 13.2 Å². The molecule has 17 heavy (non-hydrogen) atoms. The number of esters is 1. The van der Waals surface area contributed by atoms with Gasteiger partial charge in [0.05, 0.1) is 6.61 Å². The van der Waals surface area contributed by atoms with Crippen molar-refractivity contribution in [1.29, 1.82) is 0 Å². The zero-order chi connectivity index (χ0) is 13.1. The minimum Gasteiger partial charge on any atom is -0.460 e. The van der Waals surface area contributed by atoms with Crippen molar-refractivity contribution in [3.05, 3.63) is 12.2 Å². The van der Waals surface area contributed by atoms with Crippen molar-refractivity contribution in [3.8, 4) is 0 Å². The second-order valence-electron chi connectivity index (χ2n) is 3.31. The molecule has 0 spiro atoms. The first-order valence-corrected chi connectivity index (χ1v) is 6.36. The lowest BCUT2D eigenvalue weighted by Gasteiger charge is -2.05. The SMILES string of the molecule is C=C(C)C(=O)OCCOCCCCO[P+](=O)O. The van der Waals surface area contributed by atoms with Gasteiger partial charge in [-0.1, -0.05) is 6.58 Å². The van der Waals surface area contributed by atoms with Crippen LogP contribution in [0.4, 0.5) is 0 Å². The predicted molar refractivity (Wildman–Crippen MR) is 61.6 cm³/mol. The van der Waals surface area contributed by atoms with Gasteiger partial charge in [-0.25, -0.2) is 4.79 Å². The van der Waals surface area contributed by atoms with E-state index < -0.39 is 14.2 Å². The van der Waals surface area contributed by atoms with Gasteiger partial charge >= 0.3 is 14.2 Å². The van der Waals surface area contributed by atoms with Crippen molar-refractivity contribution in [2.75, 3.05) is 26.4 Å². The van der Waals surface area contributed by atoms with E-state index in [1.165, 1.54) is 0 Å². The number of hydrogen-bond donors (Lipinski definition) is 1. The van der Waals surface area contributed by atoms with Gasteiger partial charge < -0.3 is 9.47 Å². The van der Waals surface area contributed by atoms with Gasteiger partial charge in [-0.2, -0.15) is 0 Å². The van der Waals surface area contributed by atoms with Crippen LogP contribution in [-0.2, 0) is 23.4 Å². The van der Waals surface area contributed by atoms with Crippen LogP contribution in [0.3, 0.4) is 0 Å². The zero-order valence-electron chi connectivity index (χ0n) is 9.89. The Balaban J connectivity index is 3.16. The van der Waals surface area contributed by atoms with Crippen LogP contribution in [0.15, 0.2) is 12.2 Å². The molecule has 6 nitrogen and oxygen atoms in total. The van der Waals surface area contributed by atoms with Gasteiger partial charge in [-0.3, -0.25) is 0 Å². The maximum Gasteiger partial charge on any atom is 0.694 e. The quantitative estimate of drug-likeness (QED) is 0.279. The summed E-state index contributed by atoms with van der Waals surface area (Å²) in [5.41, 5.74) is 0.361. The lowest BCUT2D eigenvalue weighted by atomic mass is 10.3. The first kappa shape index (κ1) is 16.2. The van der Waals surface area contributed by atoms with Crippen LogP contribution in [-0.4, -0.2) is 37.3 Å². The maximum absolute atomic E-state index is 10.9. The molecule has 1 N–H and O–H groups in total. The van der Waals surface area contributed by atoms with Gasteiger partial charge in [0.1, 0.15) is 13.2 Å². The Kier molecular flexibility index (Phi) is 9.86. The van der Waals surface area contributed by atoms with Gasteiger partial charge in [-0.05, 0) is 19.8 Å². The molecule has 0 bridgehead atoms. The summed E-state index contributed by atoms with van der Waals surface area (Å²) < 4.78 is 24.6. The fraction of sp³-hybridized carbons (Fsp3) is 0.700. The third-order valence-corrected chi connectivity index (χ3v) is 2.10. The van der Waals surface area contributed by atoms with Gasteiger partial charge in [0.15, 0.2) is 0 Å². The molecule has 0 aromatic rings. The number of carbonyl (C=O) groups is 1. The van der Waals surface area contributed by atoms with E-state index in [1.807, 2.05) is 0 Å². The summed E-state index contributed by atoms with van der Waals surface area (Å²) in [4.78, 5) is 19.3. The Labute approximate surface area is 102 Å². The first-order valence-electron chi connectivity index (χ1n) is 5.23. The van der Waals surface area contributed by atoms with Crippen LogP contribution in [0.5, 0.6) is 0 Å². The molecule has 0 fully saturated rings. The minimum atomic E-state index is -2.50. The summed E-state index contributed by atoms with van der Waals surface area (Å²) in [6.07, 6.45) is 1.37. The van der Waals surface area contributed by atoms with E-state index in [9.17, 15) is 9.36 Å². The highest BCUT2D eigenvalue weighted by atomic mass is 31.1. The molecule has 98 valence electrons. The van der Waals surface area contributed by atoms with E-state index in [0.29, 0.717) is 25.2 Å². The second kappa shape index (κ2) is 10.4. The highest BCUT2D eigenvalue weighted by molar-refractivity contribution is 7.32. The Morgan fingerprint density at radius 3 is 2.47 bits per heavy atom. The number of ether oxygens (including phenoxy) is 2. The normalized spacial score (nSPS) is 11.1. The lowest BCUT2D eigenvalue weighted by Crippen LogP contribution is -2.11. The summed E-state index contributed by atoms with van der Waals surface area (Å²) in [6.45, 7) is 6.28. The molecule has 0 amide bonds. The Bertz CT molecular complexity index is 266. The van der Waals surface area contributed by atoms with Gasteiger partial charge in [0.2, 0.25) is 0 Å². The predicted octanol–water partition coefficient (Wildman–Crippen LogP) is 1.57. The van der Waals surface area contributed by atoms with Crippen LogP contribution >= 0.6 is 8.25 Å². The van der Waals surface area contributed by atoms with E-state index in [0.717, 1.165) is 6.42 Å². The second-order valence-corrected chi connectivity index (χ2v) is 4.04. The molecular weight excluding hydrogens is 247 g/mol. The molecule has 0 saturated heterocycles. The minimum absolute atomic E-state index is 0.199. The molecule has 0 aliphatic heterocycles. The molecule has 0 aromatic heterocycles. The largest absolute Gasteiger partial charge is 0.694 e. The molecule has 1 atom stereocenters. The molecule has 0 aromatic carbocycles. The third-order valence-electron chi connectivity index (χ3n) is 1.69. The standard InChI is InChI=1S/C10H17O6P/c1-9(2)10(11)15-8-7-14-5-3-4-6-16-17(12)13/h1,3-8H2,2H3/p+1. The average Bonchev–Trinajstić information content (AvgIpc) is 2.25. The van der Waals surface area contributed by atoms with Crippen molar-refractivity contribution in [1.82, 2.24) is 0 Å². The van der Waals surface area contributed by atoms with E-state index in [1.54, 1.807) is 6.92 Å². The monoisotopic (exact) mass is 265 g/mol. The fourth-order valence-corrected chi connectivity index (χ4v) is 1.15. The molecule has 0 saturated carbocycles. The summed E-state index contributed by atoms with van der Waals surface area (Å²) in [6, 6.07) is 0. The highest BCUT2D eigenvalue weighted by Crippen LogP contribution is 2.14. The zero-order valence-corrected chi connectivity index (χ0v) is 10.8. The third kappa shape index (κ3) is 11.5. The highest BCUT2D eigenvalue weighted by Gasteiger charge is 2.09.